The van der Waals surface area contributed by atoms with Crippen molar-refractivity contribution in [3.05, 3.63) is 53.7 Å². The van der Waals surface area contributed by atoms with Crippen LogP contribution in [0.1, 0.15) is 31.7 Å². The Kier molecular flexibility index (Phi) is 6.94. The minimum absolute atomic E-state index is 0.00814. The number of hydrogen-bond donors (Lipinski definition) is 1. The number of hydrogen-bond acceptors (Lipinski definition) is 10. The van der Waals surface area contributed by atoms with Crippen LogP contribution in [0.4, 0.5) is 23.8 Å². The molecule has 3 saturated heterocycles. The average Bonchev–Trinajstić information content (AvgIpc) is 3.56. The molecule has 2 aromatic heterocycles. The second kappa shape index (κ2) is 10.9. The molecule has 0 saturated carbocycles. The van der Waals surface area contributed by atoms with Crippen molar-refractivity contribution < 1.29 is 32.2 Å². The number of rotatable bonds is 3. The van der Waals surface area contributed by atoms with Crippen molar-refractivity contribution in [2.24, 2.45) is 0 Å². The van der Waals surface area contributed by atoms with Crippen molar-refractivity contribution in [2.75, 3.05) is 51.0 Å². The summed E-state index contributed by atoms with van der Waals surface area (Å²) < 4.78 is 64.0. The zero-order chi connectivity index (χ0) is 31.6. The van der Waals surface area contributed by atoms with E-state index >= 15 is 8.78 Å². The third kappa shape index (κ3) is 4.87. The van der Waals surface area contributed by atoms with Gasteiger partial charge in [-0.05, 0) is 48.7 Å². The number of anilines is 1. The van der Waals surface area contributed by atoms with Gasteiger partial charge in [-0.25, -0.2) is 18.0 Å². The summed E-state index contributed by atoms with van der Waals surface area (Å²) in [7, 11) is 0. The fraction of sp³-hybridized carbons (Fsp3) is 0.455. The van der Waals surface area contributed by atoms with E-state index in [1.807, 2.05) is 4.90 Å². The molecule has 2 aromatic carbocycles. The highest BCUT2D eigenvalue weighted by molar-refractivity contribution is 6.01. The van der Waals surface area contributed by atoms with E-state index in [2.05, 4.69) is 20.2 Å². The first-order valence-electron chi connectivity index (χ1n) is 15.6. The summed E-state index contributed by atoms with van der Waals surface area (Å²) in [6, 6.07) is 8.15. The van der Waals surface area contributed by atoms with Gasteiger partial charge < -0.3 is 19.1 Å². The van der Waals surface area contributed by atoms with Gasteiger partial charge in [-0.3, -0.25) is 15.2 Å². The molecule has 0 spiro atoms. The smallest absolute Gasteiger partial charge is 0.461 e. The van der Waals surface area contributed by atoms with Crippen molar-refractivity contribution in [1.82, 2.24) is 25.2 Å². The monoisotopic (exact) mass is 634 g/mol. The third-order valence-corrected chi connectivity index (χ3v) is 9.75. The van der Waals surface area contributed by atoms with Crippen LogP contribution < -0.4 is 15.0 Å². The molecule has 1 unspecified atom stereocenters. The molecule has 240 valence electrons. The summed E-state index contributed by atoms with van der Waals surface area (Å²) in [5.41, 5.74) is -0.895. The molecule has 3 fully saturated rings. The van der Waals surface area contributed by atoms with E-state index in [1.165, 1.54) is 12.3 Å². The van der Waals surface area contributed by atoms with Gasteiger partial charge in [-0.2, -0.15) is 9.97 Å². The number of nitrogens with one attached hydrogen (secondary N) is 1. The lowest BCUT2D eigenvalue weighted by Gasteiger charge is -2.40. The summed E-state index contributed by atoms with van der Waals surface area (Å²) in [5.74, 6) is -0.886. The number of carbonyl (C=O) groups is 1. The predicted molar refractivity (Wildman–Crippen MR) is 163 cm³/mol. The summed E-state index contributed by atoms with van der Waals surface area (Å²) in [6.07, 6.45) is 1.82. The highest BCUT2D eigenvalue weighted by Crippen LogP contribution is 2.41. The van der Waals surface area contributed by atoms with E-state index < -0.39 is 35.1 Å². The van der Waals surface area contributed by atoms with Crippen LogP contribution in [0.2, 0.25) is 0 Å². The number of pyridine rings is 1. The zero-order valence-corrected chi connectivity index (χ0v) is 25.3. The first-order valence-corrected chi connectivity index (χ1v) is 15.6. The van der Waals surface area contributed by atoms with Crippen LogP contribution in [0.25, 0.3) is 32.9 Å². The van der Waals surface area contributed by atoms with Crippen LogP contribution in [0.3, 0.4) is 0 Å². The number of aromatic nitrogens is 3. The number of carbonyl (C=O) groups excluding carboxylic acids is 1. The molecule has 5 aliphatic rings. The summed E-state index contributed by atoms with van der Waals surface area (Å²) in [5, 5.41) is 4.70. The molecule has 9 rings (SSSR count). The SMILES string of the molecule is CC12CNCN(C1)c1nc(OC[C@@]34CCCN3C[C@H](F)C4)nc3c(F)c(ncc13)-c1cccc3ccc(F)c(c13)CCOC(=O)O2. The second-order valence-electron chi connectivity index (χ2n) is 13.0. The Morgan fingerprint density at radius 1 is 1.20 bits per heavy atom. The molecular weight excluding hydrogens is 601 g/mol. The maximum absolute atomic E-state index is 16.8. The van der Waals surface area contributed by atoms with E-state index in [1.54, 1.807) is 31.2 Å². The van der Waals surface area contributed by atoms with Crippen molar-refractivity contribution in [1.29, 1.82) is 0 Å². The minimum atomic E-state index is -1.04. The second-order valence-corrected chi connectivity index (χ2v) is 13.0. The molecule has 0 radical (unpaired) electrons. The van der Waals surface area contributed by atoms with E-state index in [9.17, 15) is 9.18 Å². The molecule has 3 atom stereocenters. The van der Waals surface area contributed by atoms with E-state index in [0.717, 1.165) is 19.4 Å². The average molecular weight is 635 g/mol. The Balaban J connectivity index is 1.31. The Hall–Kier alpha value is -4.23. The molecular formula is C33H33F3N6O4. The lowest BCUT2D eigenvalue weighted by atomic mass is 9.94. The van der Waals surface area contributed by atoms with Gasteiger partial charge in [-0.15, -0.1) is 0 Å². The van der Waals surface area contributed by atoms with Gasteiger partial charge in [0.25, 0.3) is 0 Å². The highest BCUT2D eigenvalue weighted by Gasteiger charge is 2.49. The Labute approximate surface area is 262 Å². The van der Waals surface area contributed by atoms with Crippen molar-refractivity contribution >= 4 is 33.6 Å². The fourth-order valence-corrected chi connectivity index (χ4v) is 7.69. The van der Waals surface area contributed by atoms with E-state index in [-0.39, 0.29) is 49.0 Å². The van der Waals surface area contributed by atoms with Crippen molar-refractivity contribution in [3.63, 3.8) is 0 Å². The van der Waals surface area contributed by atoms with Gasteiger partial charge in [-0.1, -0.05) is 24.3 Å². The molecule has 13 heteroatoms. The highest BCUT2D eigenvalue weighted by atomic mass is 19.1. The standard InChI is InChI=1S/C33H33F3N6O4/c1-32-15-37-18-41(16-32)29-23-13-38-27(22-5-2-4-19-6-7-24(35)21(25(19)22)8-11-44-31(43)46-32)26(36)28(23)39-30(40-29)45-17-33-9-3-10-42(33)14-20(34)12-33/h2,4-7,13,20,37H,3,8-12,14-18H2,1H3/t20-,32?,33+/m1/s1. The van der Waals surface area contributed by atoms with Crippen LogP contribution in [-0.4, -0.2) is 89.4 Å². The van der Waals surface area contributed by atoms with Gasteiger partial charge in [0.15, 0.2) is 5.82 Å². The van der Waals surface area contributed by atoms with Gasteiger partial charge in [0.05, 0.1) is 30.7 Å². The molecule has 0 aliphatic carbocycles. The zero-order valence-electron chi connectivity index (χ0n) is 25.3. The Morgan fingerprint density at radius 2 is 2.09 bits per heavy atom. The lowest BCUT2D eigenvalue weighted by molar-refractivity contribution is -0.0266. The number of fused-ring (bicyclic) bond motifs is 6. The van der Waals surface area contributed by atoms with Crippen molar-refractivity contribution in [2.45, 2.75) is 49.9 Å². The van der Waals surface area contributed by atoms with Crippen LogP contribution in [0.15, 0.2) is 36.5 Å². The molecule has 46 heavy (non-hydrogen) atoms. The number of benzene rings is 2. The first-order chi connectivity index (χ1) is 22.2. The molecule has 10 nitrogen and oxygen atoms in total. The predicted octanol–water partition coefficient (Wildman–Crippen LogP) is 4.91. The maximum atomic E-state index is 16.8. The van der Waals surface area contributed by atoms with E-state index in [4.69, 9.17) is 19.2 Å². The molecule has 5 aliphatic heterocycles. The topological polar surface area (TPSA) is 102 Å². The van der Waals surface area contributed by atoms with Crippen LogP contribution in [0, 0.1) is 11.6 Å². The third-order valence-electron chi connectivity index (χ3n) is 9.75. The van der Waals surface area contributed by atoms with Gasteiger partial charge in [0.1, 0.15) is 41.2 Å². The maximum Gasteiger partial charge on any atom is 0.508 e. The quantitative estimate of drug-likeness (QED) is 0.313. The molecule has 1 N–H and O–H groups in total. The molecule has 4 aromatic rings. The van der Waals surface area contributed by atoms with Gasteiger partial charge >= 0.3 is 12.2 Å². The number of alkyl halides is 1. The van der Waals surface area contributed by atoms with Crippen LogP contribution in [-0.2, 0) is 15.9 Å². The first kappa shape index (κ1) is 29.2. The molecule has 7 heterocycles. The Morgan fingerprint density at radius 3 is 2.98 bits per heavy atom. The lowest BCUT2D eigenvalue weighted by Crippen LogP contribution is -2.59. The summed E-state index contributed by atoms with van der Waals surface area (Å²) in [4.78, 5) is 30.6. The summed E-state index contributed by atoms with van der Waals surface area (Å²) >= 11 is 0. The van der Waals surface area contributed by atoms with Crippen LogP contribution >= 0.6 is 0 Å². The fourth-order valence-electron chi connectivity index (χ4n) is 7.69. The number of halogens is 3. The van der Waals surface area contributed by atoms with Crippen LogP contribution in [0.5, 0.6) is 6.01 Å². The molecule has 6 bridgehead atoms. The molecule has 0 amide bonds. The number of nitrogens with zero attached hydrogens (tertiary/aromatic N) is 5. The summed E-state index contributed by atoms with van der Waals surface area (Å²) in [6.45, 7) is 3.78. The minimum Gasteiger partial charge on any atom is -0.461 e. The largest absolute Gasteiger partial charge is 0.508 e. The number of ether oxygens (including phenoxy) is 3. The Bertz CT molecular complexity index is 1880. The van der Waals surface area contributed by atoms with Gasteiger partial charge in [0, 0.05) is 37.7 Å². The van der Waals surface area contributed by atoms with Crippen molar-refractivity contribution in [3.8, 4) is 17.3 Å². The normalized spacial score (nSPS) is 26.5. The van der Waals surface area contributed by atoms with Gasteiger partial charge in [0.2, 0.25) is 0 Å². The van der Waals surface area contributed by atoms with E-state index in [0.29, 0.717) is 53.7 Å².